The van der Waals surface area contributed by atoms with Crippen molar-refractivity contribution in [1.82, 2.24) is 0 Å². The molecule has 0 saturated heterocycles. The zero-order valence-corrected chi connectivity index (χ0v) is 9.96. The summed E-state index contributed by atoms with van der Waals surface area (Å²) < 4.78 is 76.2. The van der Waals surface area contributed by atoms with Crippen molar-refractivity contribution in [3.8, 4) is 0 Å². The molecule has 1 N–H and O–H groups in total. The van der Waals surface area contributed by atoms with Crippen molar-refractivity contribution in [2.45, 2.75) is 12.5 Å². The van der Waals surface area contributed by atoms with Crippen LogP contribution in [0.25, 0.3) is 0 Å². The van der Waals surface area contributed by atoms with Gasteiger partial charge in [-0.1, -0.05) is 11.6 Å². The van der Waals surface area contributed by atoms with Crippen LogP contribution in [0.2, 0.25) is 5.02 Å². The van der Waals surface area contributed by atoms with Crippen LogP contribution in [0, 0.1) is 0 Å². The Labute approximate surface area is 109 Å². The predicted octanol–water partition coefficient (Wildman–Crippen LogP) is 4.31. The summed E-state index contributed by atoms with van der Waals surface area (Å²) in [5, 5.41) is 2.10. The Morgan fingerprint density at radius 3 is 2.26 bits per heavy atom. The Balaban J connectivity index is 2.68. The second-order valence-corrected chi connectivity index (χ2v) is 3.85. The van der Waals surface area contributed by atoms with Gasteiger partial charge in [-0.15, -0.1) is 13.2 Å². The molecule has 108 valence electrons. The summed E-state index contributed by atoms with van der Waals surface area (Å²) in [6.07, 6.45) is -9.47. The van der Waals surface area contributed by atoms with Crippen molar-refractivity contribution in [2.24, 2.45) is 0 Å². The molecule has 0 heterocycles. The lowest BCUT2D eigenvalue weighted by molar-refractivity contribution is -0.322. The van der Waals surface area contributed by atoms with E-state index in [9.17, 15) is 26.3 Å². The average Bonchev–Trinajstić information content (AvgIpc) is 2.23. The number of alkyl halides is 6. The smallest absolute Gasteiger partial charge is 0.382 e. The highest BCUT2D eigenvalue weighted by Gasteiger charge is 2.34. The van der Waals surface area contributed by atoms with Crippen LogP contribution in [0.1, 0.15) is 5.56 Å². The molecule has 0 atom stereocenters. The van der Waals surface area contributed by atoms with Gasteiger partial charge in [0.2, 0.25) is 0 Å². The highest BCUT2D eigenvalue weighted by molar-refractivity contribution is 6.30. The number of hydrogen-bond donors (Lipinski definition) is 1. The molecule has 0 amide bonds. The maximum absolute atomic E-state index is 12.6. The van der Waals surface area contributed by atoms with Gasteiger partial charge < -0.3 is 5.32 Å². The highest BCUT2D eigenvalue weighted by atomic mass is 35.5. The molecule has 0 aliphatic rings. The molecule has 0 radical (unpaired) electrons. The van der Waals surface area contributed by atoms with Crippen LogP contribution >= 0.6 is 11.6 Å². The van der Waals surface area contributed by atoms with Crippen LogP contribution in [0.3, 0.4) is 0 Å². The fraction of sp³-hybridized carbons (Fsp3) is 0.400. The highest BCUT2D eigenvalue weighted by Crippen LogP contribution is 2.36. The van der Waals surface area contributed by atoms with Crippen LogP contribution in [-0.4, -0.2) is 19.5 Å². The molecule has 0 saturated carbocycles. The van der Waals surface area contributed by atoms with Crippen LogP contribution in [-0.2, 0) is 10.9 Å². The van der Waals surface area contributed by atoms with Gasteiger partial charge in [-0.2, -0.15) is 13.2 Å². The molecule has 19 heavy (non-hydrogen) atoms. The van der Waals surface area contributed by atoms with Crippen LogP contribution in [0.15, 0.2) is 18.2 Å². The quantitative estimate of drug-likeness (QED) is 0.661. The number of rotatable bonds is 4. The zero-order valence-electron chi connectivity index (χ0n) is 9.20. The van der Waals surface area contributed by atoms with Crippen molar-refractivity contribution >= 4 is 17.3 Å². The third-order valence-corrected chi connectivity index (χ3v) is 2.21. The normalized spacial score (nSPS) is 12.6. The second kappa shape index (κ2) is 5.87. The van der Waals surface area contributed by atoms with E-state index < -0.39 is 31.3 Å². The van der Waals surface area contributed by atoms with E-state index in [1.807, 2.05) is 0 Å². The van der Waals surface area contributed by atoms with E-state index in [4.69, 9.17) is 11.6 Å². The number of anilines is 1. The van der Waals surface area contributed by atoms with E-state index in [2.05, 4.69) is 10.1 Å². The van der Waals surface area contributed by atoms with Gasteiger partial charge in [-0.05, 0) is 18.2 Å². The van der Waals surface area contributed by atoms with E-state index in [-0.39, 0.29) is 10.7 Å². The molecule has 1 aromatic rings. The van der Waals surface area contributed by atoms with Crippen LogP contribution < -0.4 is 5.32 Å². The van der Waals surface area contributed by atoms with Gasteiger partial charge in [0.1, 0.15) is 0 Å². The lowest BCUT2D eigenvalue weighted by Crippen LogP contribution is -2.20. The van der Waals surface area contributed by atoms with Gasteiger partial charge in [0.25, 0.3) is 0 Å². The fourth-order valence-electron chi connectivity index (χ4n) is 1.26. The Morgan fingerprint density at radius 2 is 1.74 bits per heavy atom. The van der Waals surface area contributed by atoms with Crippen molar-refractivity contribution in [3.63, 3.8) is 0 Å². The van der Waals surface area contributed by atoms with E-state index in [1.54, 1.807) is 0 Å². The lowest BCUT2D eigenvalue weighted by Gasteiger charge is -2.15. The molecule has 0 fully saturated rings. The standard InChI is InChI=1S/C10H8ClF6NO/c11-6-1-2-8(7(5-6)9(12,13)14)18-3-4-19-10(15,16)17/h1-2,5,18H,3-4H2. The van der Waals surface area contributed by atoms with Gasteiger partial charge in [-0.25, -0.2) is 0 Å². The van der Waals surface area contributed by atoms with E-state index in [0.29, 0.717) is 6.07 Å². The molecular formula is C10H8ClF6NO. The van der Waals surface area contributed by atoms with Crippen LogP contribution in [0.5, 0.6) is 0 Å². The molecule has 0 unspecified atom stereocenters. The summed E-state index contributed by atoms with van der Waals surface area (Å²) in [7, 11) is 0. The maximum Gasteiger partial charge on any atom is 0.522 e. The summed E-state index contributed by atoms with van der Waals surface area (Å²) in [4.78, 5) is 0. The SMILES string of the molecule is FC(F)(F)OCCNc1ccc(Cl)cc1C(F)(F)F. The topological polar surface area (TPSA) is 21.3 Å². The molecule has 0 bridgehead atoms. The van der Waals surface area contributed by atoms with Crippen molar-refractivity contribution in [2.75, 3.05) is 18.5 Å². The van der Waals surface area contributed by atoms with Gasteiger partial charge in [0.05, 0.1) is 12.2 Å². The van der Waals surface area contributed by atoms with Crippen molar-refractivity contribution in [3.05, 3.63) is 28.8 Å². The molecule has 1 aromatic carbocycles. The summed E-state index contributed by atoms with van der Waals surface area (Å²) in [5.74, 6) is 0. The first kappa shape index (κ1) is 15.9. The Bertz CT molecular complexity index is 431. The molecule has 1 rings (SSSR count). The summed E-state index contributed by atoms with van der Waals surface area (Å²) in [5.41, 5.74) is -1.41. The predicted molar refractivity (Wildman–Crippen MR) is 57.0 cm³/mol. The first-order valence-corrected chi connectivity index (χ1v) is 5.29. The number of nitrogens with one attached hydrogen (secondary N) is 1. The first-order chi connectivity index (χ1) is 8.59. The summed E-state index contributed by atoms with van der Waals surface area (Å²) in [6, 6.07) is 2.93. The minimum atomic E-state index is -4.81. The Morgan fingerprint density at radius 1 is 1.11 bits per heavy atom. The Kier molecular flexibility index (Phi) is 4.92. The summed E-state index contributed by atoms with van der Waals surface area (Å²) >= 11 is 5.44. The molecule has 9 heteroatoms. The van der Waals surface area contributed by atoms with Crippen molar-refractivity contribution in [1.29, 1.82) is 0 Å². The third-order valence-electron chi connectivity index (χ3n) is 1.97. The van der Waals surface area contributed by atoms with Crippen molar-refractivity contribution < 1.29 is 31.1 Å². The van der Waals surface area contributed by atoms with Gasteiger partial charge in [0.15, 0.2) is 0 Å². The van der Waals surface area contributed by atoms with Gasteiger partial charge in [-0.3, -0.25) is 4.74 Å². The minimum absolute atomic E-state index is 0.121. The van der Waals surface area contributed by atoms with E-state index in [1.165, 1.54) is 6.07 Å². The monoisotopic (exact) mass is 307 g/mol. The lowest BCUT2D eigenvalue weighted by atomic mass is 10.1. The largest absolute Gasteiger partial charge is 0.522 e. The maximum atomic E-state index is 12.6. The molecule has 0 aliphatic heterocycles. The second-order valence-electron chi connectivity index (χ2n) is 3.41. The van der Waals surface area contributed by atoms with Crippen LogP contribution in [0.4, 0.5) is 32.0 Å². The molecule has 2 nitrogen and oxygen atoms in total. The first-order valence-electron chi connectivity index (χ1n) is 4.91. The number of benzene rings is 1. The number of halogens is 7. The minimum Gasteiger partial charge on any atom is -0.382 e. The van der Waals surface area contributed by atoms with E-state index in [0.717, 1.165) is 6.07 Å². The van der Waals surface area contributed by atoms with Gasteiger partial charge >= 0.3 is 12.5 Å². The number of ether oxygens (including phenoxy) is 1. The summed E-state index contributed by atoms with van der Waals surface area (Å²) in [6.45, 7) is -1.23. The van der Waals surface area contributed by atoms with E-state index >= 15 is 0 Å². The third kappa shape index (κ3) is 5.56. The average molecular weight is 308 g/mol. The fourth-order valence-corrected chi connectivity index (χ4v) is 1.43. The molecule has 0 spiro atoms. The molecule has 0 aromatic heterocycles. The zero-order chi connectivity index (χ0) is 14.7. The molecule has 0 aliphatic carbocycles. The molecular weight excluding hydrogens is 300 g/mol. The van der Waals surface area contributed by atoms with Gasteiger partial charge in [0, 0.05) is 17.3 Å². The number of hydrogen-bond acceptors (Lipinski definition) is 2. The Hall–Kier alpha value is -1.15.